The molecule has 0 saturated heterocycles. The first-order valence-corrected chi connectivity index (χ1v) is 7.63. The number of nitrogens with two attached hydrogens (primary N) is 1. The minimum absolute atomic E-state index is 0.119. The minimum Gasteiger partial charge on any atom is -0.349 e. The van der Waals surface area contributed by atoms with Gasteiger partial charge in [-0.2, -0.15) is 17.9 Å². The summed E-state index contributed by atoms with van der Waals surface area (Å²) in [6.07, 6.45) is -3.73. The van der Waals surface area contributed by atoms with E-state index in [1.165, 1.54) is 12.3 Å². The van der Waals surface area contributed by atoms with Crippen LogP contribution in [0.3, 0.4) is 0 Å². The average Bonchev–Trinajstić information content (AvgIpc) is 2.99. The molecule has 0 bridgehead atoms. The molecule has 1 fully saturated rings. The fourth-order valence-corrected chi connectivity index (χ4v) is 3.53. The van der Waals surface area contributed by atoms with Gasteiger partial charge in [0.15, 0.2) is 0 Å². The summed E-state index contributed by atoms with van der Waals surface area (Å²) in [4.78, 5) is -0.185. The van der Waals surface area contributed by atoms with Crippen LogP contribution in [0.4, 0.5) is 13.2 Å². The Morgan fingerprint density at radius 3 is 2.40 bits per heavy atom. The Kier molecular flexibility index (Phi) is 3.64. The Morgan fingerprint density at radius 1 is 1.45 bits per heavy atom. The Bertz CT molecular complexity index is 581. The van der Waals surface area contributed by atoms with Gasteiger partial charge in [0.2, 0.25) is 10.0 Å². The summed E-state index contributed by atoms with van der Waals surface area (Å²) in [5.74, 6) is 0. The van der Waals surface area contributed by atoms with E-state index in [4.69, 9.17) is 5.73 Å². The summed E-state index contributed by atoms with van der Waals surface area (Å²) in [5, 5.41) is 0. The Balaban J connectivity index is 2.30. The van der Waals surface area contributed by atoms with E-state index >= 15 is 0 Å². The number of hydrogen-bond acceptors (Lipinski definition) is 3. The van der Waals surface area contributed by atoms with E-state index in [1.54, 1.807) is 16.2 Å². The second-order valence-electron chi connectivity index (χ2n) is 4.84. The fourth-order valence-electron chi connectivity index (χ4n) is 2.02. The van der Waals surface area contributed by atoms with Crippen LogP contribution in [0.5, 0.6) is 0 Å². The molecule has 0 unspecified atom stereocenters. The first kappa shape index (κ1) is 15.3. The molecule has 0 spiro atoms. The van der Waals surface area contributed by atoms with Crippen LogP contribution < -0.4 is 10.5 Å². The summed E-state index contributed by atoms with van der Waals surface area (Å²) in [7, 11) is -4.21. The van der Waals surface area contributed by atoms with E-state index in [0.717, 1.165) is 0 Å². The number of hydrogen-bond donors (Lipinski definition) is 2. The predicted octanol–water partition coefficient (Wildman–Crippen LogP) is 1.34. The highest BCUT2D eigenvalue weighted by atomic mass is 32.2. The summed E-state index contributed by atoms with van der Waals surface area (Å²) in [6.45, 7) is 2.40. The maximum atomic E-state index is 12.8. The van der Waals surface area contributed by atoms with Crippen LogP contribution in [-0.4, -0.2) is 24.7 Å². The third kappa shape index (κ3) is 2.57. The van der Waals surface area contributed by atoms with Crippen molar-refractivity contribution in [2.24, 2.45) is 5.73 Å². The van der Waals surface area contributed by atoms with Crippen LogP contribution in [0.25, 0.3) is 0 Å². The van der Waals surface area contributed by atoms with Crippen molar-refractivity contribution in [3.8, 4) is 0 Å². The smallest absolute Gasteiger partial charge is 0.349 e. The van der Waals surface area contributed by atoms with E-state index in [-0.39, 0.29) is 24.3 Å². The molecule has 3 N–H and O–H groups in total. The molecule has 1 aliphatic rings. The molecular weight excluding hydrogens is 295 g/mol. The topological polar surface area (TPSA) is 77.1 Å². The monoisotopic (exact) mass is 311 g/mol. The van der Waals surface area contributed by atoms with Crippen LogP contribution >= 0.6 is 0 Å². The van der Waals surface area contributed by atoms with Crippen molar-refractivity contribution in [2.45, 2.75) is 49.5 Å². The zero-order valence-corrected chi connectivity index (χ0v) is 11.7. The van der Waals surface area contributed by atoms with Gasteiger partial charge in [0.05, 0.1) is 4.90 Å². The third-order valence-corrected chi connectivity index (χ3v) is 4.95. The van der Waals surface area contributed by atoms with Crippen LogP contribution in [0.15, 0.2) is 17.2 Å². The normalized spacial score (nSPS) is 18.2. The third-order valence-electron chi connectivity index (χ3n) is 3.44. The molecule has 2 rings (SSSR count). The molecule has 0 aromatic carbocycles. The highest BCUT2D eigenvalue weighted by molar-refractivity contribution is 7.89. The van der Waals surface area contributed by atoms with Gasteiger partial charge in [-0.3, -0.25) is 0 Å². The highest BCUT2D eigenvalue weighted by Crippen LogP contribution is 2.49. The van der Waals surface area contributed by atoms with E-state index in [2.05, 4.69) is 0 Å². The number of aromatic nitrogens is 1. The summed E-state index contributed by atoms with van der Waals surface area (Å²) < 4.78 is 65.9. The Morgan fingerprint density at radius 2 is 2.05 bits per heavy atom. The van der Waals surface area contributed by atoms with Crippen LogP contribution in [0.2, 0.25) is 0 Å². The maximum Gasteiger partial charge on any atom is 0.407 e. The maximum absolute atomic E-state index is 12.8. The van der Waals surface area contributed by atoms with E-state index < -0.39 is 21.7 Å². The SMILES string of the molecule is CCn1cc(S(=O)(=O)NC2(C(F)(F)F)CC2)cc1CN. The number of sulfonamides is 1. The molecule has 1 aromatic rings. The molecule has 1 aromatic heterocycles. The van der Waals surface area contributed by atoms with Gasteiger partial charge in [-0.05, 0) is 25.8 Å². The zero-order chi connectivity index (χ0) is 15.2. The molecule has 9 heteroatoms. The molecule has 0 amide bonds. The van der Waals surface area contributed by atoms with Gasteiger partial charge in [0.25, 0.3) is 0 Å². The lowest BCUT2D eigenvalue weighted by atomic mass is 10.3. The van der Waals surface area contributed by atoms with Crippen molar-refractivity contribution in [3.63, 3.8) is 0 Å². The quantitative estimate of drug-likeness (QED) is 0.861. The molecule has 1 aliphatic carbocycles. The van der Waals surface area contributed by atoms with E-state index in [9.17, 15) is 21.6 Å². The Labute approximate surface area is 115 Å². The standard InChI is InChI=1S/C11H16F3N3O2S/c1-2-17-7-9(5-8(17)6-15)20(18,19)16-10(3-4-10)11(12,13)14/h5,7,16H,2-4,6,15H2,1H3. The van der Waals surface area contributed by atoms with Crippen molar-refractivity contribution < 1.29 is 21.6 Å². The molecule has 0 atom stereocenters. The molecule has 0 aliphatic heterocycles. The molecule has 5 nitrogen and oxygen atoms in total. The number of aryl methyl sites for hydroxylation is 1. The average molecular weight is 311 g/mol. The van der Waals surface area contributed by atoms with Crippen LogP contribution in [0, 0.1) is 0 Å². The molecule has 20 heavy (non-hydrogen) atoms. The van der Waals surface area contributed by atoms with E-state index in [0.29, 0.717) is 12.2 Å². The van der Waals surface area contributed by atoms with Crippen molar-refractivity contribution in [1.29, 1.82) is 0 Å². The lowest BCUT2D eigenvalue weighted by Gasteiger charge is -2.20. The van der Waals surface area contributed by atoms with Crippen LogP contribution in [-0.2, 0) is 23.1 Å². The second kappa shape index (κ2) is 4.74. The van der Waals surface area contributed by atoms with Crippen molar-refractivity contribution in [2.75, 3.05) is 0 Å². The van der Waals surface area contributed by atoms with Gasteiger partial charge in [0.1, 0.15) is 5.54 Å². The van der Waals surface area contributed by atoms with Gasteiger partial charge in [-0.15, -0.1) is 0 Å². The largest absolute Gasteiger partial charge is 0.407 e. The first-order valence-electron chi connectivity index (χ1n) is 6.15. The molecular formula is C11H16F3N3O2S. The van der Waals surface area contributed by atoms with Gasteiger partial charge >= 0.3 is 6.18 Å². The highest BCUT2D eigenvalue weighted by Gasteiger charge is 2.65. The lowest BCUT2D eigenvalue weighted by molar-refractivity contribution is -0.160. The molecule has 1 heterocycles. The molecule has 114 valence electrons. The van der Waals surface area contributed by atoms with Gasteiger partial charge in [-0.1, -0.05) is 0 Å². The predicted molar refractivity (Wildman–Crippen MR) is 66.3 cm³/mol. The first-order chi connectivity index (χ1) is 9.15. The van der Waals surface area contributed by atoms with Crippen molar-refractivity contribution >= 4 is 10.0 Å². The van der Waals surface area contributed by atoms with E-state index in [1.807, 2.05) is 0 Å². The number of nitrogens with one attached hydrogen (secondary N) is 1. The van der Waals surface area contributed by atoms with Gasteiger partial charge in [-0.25, -0.2) is 8.42 Å². The fraction of sp³-hybridized carbons (Fsp3) is 0.636. The Hall–Kier alpha value is -1.06. The number of nitrogens with zero attached hydrogens (tertiary/aromatic N) is 1. The van der Waals surface area contributed by atoms with Gasteiger partial charge < -0.3 is 10.3 Å². The molecule has 1 saturated carbocycles. The number of alkyl halides is 3. The summed E-state index contributed by atoms with van der Waals surface area (Å²) in [5.41, 5.74) is 3.73. The number of rotatable bonds is 5. The number of halogens is 3. The second-order valence-corrected chi connectivity index (χ2v) is 6.53. The zero-order valence-electron chi connectivity index (χ0n) is 10.9. The van der Waals surface area contributed by atoms with Gasteiger partial charge in [0, 0.05) is 25.0 Å². The van der Waals surface area contributed by atoms with Crippen molar-refractivity contribution in [3.05, 3.63) is 18.0 Å². The molecule has 0 radical (unpaired) electrons. The lowest BCUT2D eigenvalue weighted by Crippen LogP contribution is -2.47. The van der Waals surface area contributed by atoms with Crippen LogP contribution in [0.1, 0.15) is 25.5 Å². The summed E-state index contributed by atoms with van der Waals surface area (Å²) >= 11 is 0. The minimum atomic E-state index is -4.58. The summed E-state index contributed by atoms with van der Waals surface area (Å²) in [6, 6.07) is 1.30. The van der Waals surface area contributed by atoms with Crippen molar-refractivity contribution in [1.82, 2.24) is 9.29 Å².